The van der Waals surface area contributed by atoms with Gasteiger partial charge < -0.3 is 16.4 Å². The number of carbonyl (C=O) groups is 1. The van der Waals surface area contributed by atoms with Gasteiger partial charge in [-0.15, -0.1) is 0 Å². The van der Waals surface area contributed by atoms with Crippen molar-refractivity contribution in [3.05, 3.63) is 29.8 Å². The average Bonchev–Trinajstić information content (AvgIpc) is 2.82. The highest BCUT2D eigenvalue weighted by atomic mass is 16.1. The van der Waals surface area contributed by atoms with E-state index in [2.05, 4.69) is 17.6 Å². The third-order valence-electron chi connectivity index (χ3n) is 3.38. The van der Waals surface area contributed by atoms with Crippen LogP contribution in [0.4, 0.5) is 5.69 Å². The lowest BCUT2D eigenvalue weighted by Crippen LogP contribution is -2.29. The third kappa shape index (κ3) is 3.47. The lowest BCUT2D eigenvalue weighted by Gasteiger charge is -2.19. The molecular weight excluding hydrogens is 226 g/mol. The van der Waals surface area contributed by atoms with Gasteiger partial charge in [-0.25, -0.2) is 0 Å². The molecule has 2 rings (SSSR count). The Kier molecular flexibility index (Phi) is 4.20. The summed E-state index contributed by atoms with van der Waals surface area (Å²) >= 11 is 0. The molecule has 1 aliphatic rings. The maximum absolute atomic E-state index is 11.0. The molecule has 0 spiro atoms. The van der Waals surface area contributed by atoms with Gasteiger partial charge in [0.15, 0.2) is 0 Å². The van der Waals surface area contributed by atoms with Gasteiger partial charge in [-0.3, -0.25) is 4.79 Å². The summed E-state index contributed by atoms with van der Waals surface area (Å²) in [5.74, 6) is -0.384. The van der Waals surface area contributed by atoms with Crippen LogP contribution in [0.2, 0.25) is 0 Å². The topological polar surface area (TPSA) is 67.2 Å². The van der Waals surface area contributed by atoms with Gasteiger partial charge in [-0.05, 0) is 57.0 Å². The van der Waals surface area contributed by atoms with E-state index in [0.717, 1.165) is 18.7 Å². The molecule has 18 heavy (non-hydrogen) atoms. The molecule has 0 saturated carbocycles. The molecule has 1 aromatic rings. The van der Waals surface area contributed by atoms with E-state index in [1.165, 1.54) is 12.8 Å². The minimum atomic E-state index is -0.384. The van der Waals surface area contributed by atoms with Gasteiger partial charge in [0.05, 0.1) is 0 Å². The fourth-order valence-electron chi connectivity index (χ4n) is 2.46. The second-order valence-corrected chi connectivity index (χ2v) is 5.02. The maximum Gasteiger partial charge on any atom is 0.248 e. The van der Waals surface area contributed by atoms with E-state index in [1.807, 2.05) is 12.1 Å². The molecule has 1 aromatic carbocycles. The Balaban J connectivity index is 1.86. The number of primary amides is 1. The van der Waals surface area contributed by atoms with Crippen LogP contribution in [-0.2, 0) is 0 Å². The van der Waals surface area contributed by atoms with Crippen molar-refractivity contribution in [1.82, 2.24) is 5.32 Å². The third-order valence-corrected chi connectivity index (χ3v) is 3.38. The normalized spacial score (nSPS) is 20.6. The van der Waals surface area contributed by atoms with Crippen LogP contribution in [0.25, 0.3) is 0 Å². The van der Waals surface area contributed by atoms with Crippen LogP contribution in [-0.4, -0.2) is 24.5 Å². The van der Waals surface area contributed by atoms with E-state index in [9.17, 15) is 4.79 Å². The fraction of sp³-hybridized carbons (Fsp3) is 0.500. The molecule has 2 unspecified atom stereocenters. The minimum Gasteiger partial charge on any atom is -0.383 e. The van der Waals surface area contributed by atoms with Crippen LogP contribution >= 0.6 is 0 Å². The van der Waals surface area contributed by atoms with Crippen molar-refractivity contribution in [1.29, 1.82) is 0 Å². The van der Waals surface area contributed by atoms with Gasteiger partial charge in [0.1, 0.15) is 0 Å². The summed E-state index contributed by atoms with van der Waals surface area (Å²) in [7, 11) is 0. The molecule has 0 aliphatic carbocycles. The molecule has 1 amide bonds. The number of anilines is 1. The molecule has 98 valence electrons. The van der Waals surface area contributed by atoms with Crippen molar-refractivity contribution in [3.63, 3.8) is 0 Å². The lowest BCUT2D eigenvalue weighted by molar-refractivity contribution is 0.100. The van der Waals surface area contributed by atoms with E-state index in [0.29, 0.717) is 17.6 Å². The number of benzene rings is 1. The van der Waals surface area contributed by atoms with Crippen LogP contribution < -0.4 is 16.4 Å². The first-order chi connectivity index (χ1) is 8.65. The largest absolute Gasteiger partial charge is 0.383 e. The van der Waals surface area contributed by atoms with Crippen LogP contribution in [0.3, 0.4) is 0 Å². The van der Waals surface area contributed by atoms with E-state index >= 15 is 0 Å². The lowest BCUT2D eigenvalue weighted by atomic mass is 10.1. The average molecular weight is 247 g/mol. The first kappa shape index (κ1) is 12.9. The predicted octanol–water partition coefficient (Wildman–Crippen LogP) is 1.73. The highest BCUT2D eigenvalue weighted by Gasteiger charge is 2.16. The summed E-state index contributed by atoms with van der Waals surface area (Å²) in [6.07, 6.45) is 3.68. The van der Waals surface area contributed by atoms with Gasteiger partial charge >= 0.3 is 0 Å². The molecule has 4 nitrogen and oxygen atoms in total. The quantitative estimate of drug-likeness (QED) is 0.742. The number of carbonyl (C=O) groups excluding carboxylic acids is 1. The van der Waals surface area contributed by atoms with Crippen molar-refractivity contribution < 1.29 is 4.79 Å². The minimum absolute atomic E-state index is 0.384. The van der Waals surface area contributed by atoms with Crippen LogP contribution in [0.15, 0.2) is 24.3 Å². The van der Waals surface area contributed by atoms with Gasteiger partial charge in [-0.2, -0.15) is 0 Å². The molecule has 1 aliphatic heterocycles. The van der Waals surface area contributed by atoms with Crippen molar-refractivity contribution in [2.45, 2.75) is 38.3 Å². The maximum atomic E-state index is 11.0. The number of rotatable bonds is 5. The highest BCUT2D eigenvalue weighted by Crippen LogP contribution is 2.15. The van der Waals surface area contributed by atoms with E-state index in [4.69, 9.17) is 5.73 Å². The van der Waals surface area contributed by atoms with Gasteiger partial charge in [0.2, 0.25) is 5.91 Å². The summed E-state index contributed by atoms with van der Waals surface area (Å²) in [5, 5.41) is 6.94. The van der Waals surface area contributed by atoms with E-state index in [1.54, 1.807) is 12.1 Å². The van der Waals surface area contributed by atoms with Crippen LogP contribution in [0, 0.1) is 0 Å². The van der Waals surface area contributed by atoms with Crippen molar-refractivity contribution >= 4 is 11.6 Å². The molecule has 4 N–H and O–H groups in total. The second-order valence-electron chi connectivity index (χ2n) is 5.02. The highest BCUT2D eigenvalue weighted by molar-refractivity contribution is 5.93. The molecule has 2 atom stereocenters. The molecular formula is C14H21N3O. The zero-order valence-electron chi connectivity index (χ0n) is 10.8. The number of nitrogens with two attached hydrogens (primary N) is 1. The number of nitrogens with one attached hydrogen (secondary N) is 2. The second kappa shape index (κ2) is 5.87. The standard InChI is InChI=1S/C14H21N3O/c1-10(9-13-3-2-8-16-13)17-12-6-4-11(5-7-12)14(15)18/h4-7,10,13,16-17H,2-3,8-9H2,1H3,(H2,15,18). The Morgan fingerprint density at radius 3 is 2.78 bits per heavy atom. The van der Waals surface area contributed by atoms with E-state index in [-0.39, 0.29) is 5.91 Å². The number of hydrogen-bond donors (Lipinski definition) is 3. The molecule has 0 radical (unpaired) electrons. The zero-order chi connectivity index (χ0) is 13.0. The molecule has 0 aromatic heterocycles. The number of hydrogen-bond acceptors (Lipinski definition) is 3. The van der Waals surface area contributed by atoms with Crippen LogP contribution in [0.1, 0.15) is 36.5 Å². The zero-order valence-corrected chi connectivity index (χ0v) is 10.8. The Labute approximate surface area is 108 Å². The first-order valence-corrected chi connectivity index (χ1v) is 6.55. The van der Waals surface area contributed by atoms with Crippen molar-refractivity contribution in [2.75, 3.05) is 11.9 Å². The van der Waals surface area contributed by atoms with Gasteiger partial charge in [0, 0.05) is 23.3 Å². The van der Waals surface area contributed by atoms with Crippen molar-refractivity contribution in [2.24, 2.45) is 5.73 Å². The smallest absolute Gasteiger partial charge is 0.248 e. The summed E-state index contributed by atoms with van der Waals surface area (Å²) < 4.78 is 0. The van der Waals surface area contributed by atoms with Crippen LogP contribution in [0.5, 0.6) is 0 Å². The summed E-state index contributed by atoms with van der Waals surface area (Å²) in [4.78, 5) is 11.0. The Morgan fingerprint density at radius 1 is 1.50 bits per heavy atom. The summed E-state index contributed by atoms with van der Waals surface area (Å²) in [5.41, 5.74) is 6.79. The number of amides is 1. The summed E-state index contributed by atoms with van der Waals surface area (Å²) in [6, 6.07) is 8.37. The molecule has 0 bridgehead atoms. The summed E-state index contributed by atoms with van der Waals surface area (Å²) in [6.45, 7) is 3.33. The monoisotopic (exact) mass is 247 g/mol. The molecule has 1 saturated heterocycles. The van der Waals surface area contributed by atoms with Gasteiger partial charge in [0.25, 0.3) is 0 Å². The van der Waals surface area contributed by atoms with Crippen molar-refractivity contribution in [3.8, 4) is 0 Å². The Morgan fingerprint density at radius 2 is 2.22 bits per heavy atom. The molecule has 1 heterocycles. The SMILES string of the molecule is CC(CC1CCCN1)Nc1ccc(C(N)=O)cc1. The Hall–Kier alpha value is -1.55. The first-order valence-electron chi connectivity index (χ1n) is 6.55. The Bertz CT molecular complexity index is 396. The van der Waals surface area contributed by atoms with Gasteiger partial charge in [-0.1, -0.05) is 0 Å². The van der Waals surface area contributed by atoms with E-state index < -0.39 is 0 Å². The molecule has 4 heteroatoms. The fourth-order valence-corrected chi connectivity index (χ4v) is 2.46. The molecule has 1 fully saturated rings. The predicted molar refractivity (Wildman–Crippen MR) is 73.7 cm³/mol.